The Morgan fingerprint density at radius 1 is 1.56 bits per heavy atom. The fraction of sp³-hybridized carbons (Fsp3) is 0.667. The molecule has 1 aromatic heterocycles. The van der Waals surface area contributed by atoms with Gasteiger partial charge < -0.3 is 5.73 Å². The Labute approximate surface area is 110 Å². The van der Waals surface area contributed by atoms with E-state index in [2.05, 4.69) is 39.9 Å². The molecule has 0 amide bonds. The average molecular weight is 303 g/mol. The Bertz CT molecular complexity index is 340. The lowest BCUT2D eigenvalue weighted by Crippen LogP contribution is -2.46. The number of likely N-dealkylation sites (tertiary alicyclic amines) is 1. The van der Waals surface area contributed by atoms with Gasteiger partial charge in [0.25, 0.3) is 0 Å². The van der Waals surface area contributed by atoms with Crippen LogP contribution in [0.2, 0.25) is 0 Å². The number of nitrogens with zero attached hydrogens (tertiary/aromatic N) is 1. The lowest BCUT2D eigenvalue weighted by atomic mass is 9.91. The monoisotopic (exact) mass is 302 g/mol. The molecule has 2 atom stereocenters. The summed E-state index contributed by atoms with van der Waals surface area (Å²) in [6.45, 7) is 5.63. The van der Waals surface area contributed by atoms with Gasteiger partial charge in [-0.1, -0.05) is 13.3 Å². The van der Waals surface area contributed by atoms with Gasteiger partial charge in [-0.2, -0.15) is 0 Å². The third kappa shape index (κ3) is 3.06. The third-order valence-electron chi connectivity index (χ3n) is 3.41. The maximum Gasteiger partial charge on any atom is 0.0701 e. The van der Waals surface area contributed by atoms with E-state index in [1.807, 2.05) is 11.3 Å². The molecule has 1 aliphatic heterocycles. The van der Waals surface area contributed by atoms with Crippen molar-refractivity contribution in [3.8, 4) is 0 Å². The molecule has 2 nitrogen and oxygen atoms in total. The van der Waals surface area contributed by atoms with Crippen LogP contribution >= 0.6 is 27.3 Å². The van der Waals surface area contributed by atoms with E-state index in [1.165, 1.54) is 15.1 Å². The largest absolute Gasteiger partial charge is 0.327 e. The van der Waals surface area contributed by atoms with Gasteiger partial charge in [0, 0.05) is 30.6 Å². The summed E-state index contributed by atoms with van der Waals surface area (Å²) in [7, 11) is 0. The van der Waals surface area contributed by atoms with Crippen molar-refractivity contribution in [1.82, 2.24) is 4.90 Å². The van der Waals surface area contributed by atoms with Crippen LogP contribution in [0.1, 0.15) is 24.6 Å². The minimum atomic E-state index is 0.413. The summed E-state index contributed by atoms with van der Waals surface area (Å²) in [6.07, 6.45) is 2.34. The molecule has 90 valence electrons. The molecule has 2 N–H and O–H groups in total. The van der Waals surface area contributed by atoms with E-state index in [4.69, 9.17) is 5.73 Å². The zero-order chi connectivity index (χ0) is 11.5. The van der Waals surface area contributed by atoms with Gasteiger partial charge in [-0.3, -0.25) is 4.90 Å². The first-order valence-electron chi connectivity index (χ1n) is 5.91. The highest BCUT2D eigenvalue weighted by Gasteiger charge is 2.25. The SMILES string of the molecule is CCC1CN(Cc2ccc(Br)s2)CCC1N. The number of nitrogens with two attached hydrogens (primary N) is 1. The predicted octanol–water partition coefficient (Wildman–Crippen LogP) is 3.07. The summed E-state index contributed by atoms with van der Waals surface area (Å²) >= 11 is 5.35. The number of piperidine rings is 1. The molecule has 1 saturated heterocycles. The van der Waals surface area contributed by atoms with Crippen LogP contribution in [0.4, 0.5) is 0 Å². The number of hydrogen-bond acceptors (Lipinski definition) is 3. The van der Waals surface area contributed by atoms with Crippen molar-refractivity contribution in [3.63, 3.8) is 0 Å². The molecule has 1 aliphatic rings. The number of rotatable bonds is 3. The zero-order valence-corrected chi connectivity index (χ0v) is 12.1. The summed E-state index contributed by atoms with van der Waals surface area (Å²) < 4.78 is 1.23. The Kier molecular flexibility index (Phi) is 4.41. The van der Waals surface area contributed by atoms with Crippen LogP contribution in [0.25, 0.3) is 0 Å². The summed E-state index contributed by atoms with van der Waals surface area (Å²) in [4.78, 5) is 3.98. The van der Waals surface area contributed by atoms with Crippen LogP contribution in [-0.2, 0) is 6.54 Å². The molecule has 2 heterocycles. The molecular weight excluding hydrogens is 284 g/mol. The molecule has 2 unspecified atom stereocenters. The lowest BCUT2D eigenvalue weighted by Gasteiger charge is -2.36. The first kappa shape index (κ1) is 12.6. The second-order valence-electron chi connectivity index (χ2n) is 4.56. The van der Waals surface area contributed by atoms with Crippen molar-refractivity contribution < 1.29 is 0 Å². The molecule has 0 aliphatic carbocycles. The van der Waals surface area contributed by atoms with Gasteiger partial charge in [0.2, 0.25) is 0 Å². The summed E-state index contributed by atoms with van der Waals surface area (Å²) in [5.74, 6) is 0.678. The molecule has 16 heavy (non-hydrogen) atoms. The predicted molar refractivity (Wildman–Crippen MR) is 73.7 cm³/mol. The Morgan fingerprint density at radius 3 is 3.00 bits per heavy atom. The Hall–Kier alpha value is 0.1000. The van der Waals surface area contributed by atoms with E-state index in [9.17, 15) is 0 Å². The fourth-order valence-corrected chi connectivity index (χ4v) is 3.88. The van der Waals surface area contributed by atoms with Gasteiger partial charge in [0.05, 0.1) is 3.79 Å². The Morgan fingerprint density at radius 2 is 2.38 bits per heavy atom. The quantitative estimate of drug-likeness (QED) is 0.930. The molecule has 4 heteroatoms. The first-order valence-corrected chi connectivity index (χ1v) is 7.52. The minimum absolute atomic E-state index is 0.413. The molecular formula is C12H19BrN2S. The van der Waals surface area contributed by atoms with Crippen LogP contribution in [0.15, 0.2) is 15.9 Å². The van der Waals surface area contributed by atoms with Gasteiger partial charge in [0.1, 0.15) is 0 Å². The third-order valence-corrected chi connectivity index (χ3v) is 5.02. The highest BCUT2D eigenvalue weighted by atomic mass is 79.9. The summed E-state index contributed by atoms with van der Waals surface area (Å²) in [5, 5.41) is 0. The van der Waals surface area contributed by atoms with Crippen molar-refractivity contribution in [2.24, 2.45) is 11.7 Å². The number of halogens is 1. The average Bonchev–Trinajstić information content (AvgIpc) is 2.67. The van der Waals surface area contributed by atoms with Crippen molar-refractivity contribution >= 4 is 27.3 Å². The van der Waals surface area contributed by atoms with E-state index in [0.717, 1.165) is 26.1 Å². The van der Waals surface area contributed by atoms with Gasteiger partial charge in [-0.05, 0) is 40.4 Å². The summed E-state index contributed by atoms with van der Waals surface area (Å²) in [6, 6.07) is 4.76. The highest BCUT2D eigenvalue weighted by Crippen LogP contribution is 2.25. The van der Waals surface area contributed by atoms with Crippen LogP contribution in [0, 0.1) is 5.92 Å². The minimum Gasteiger partial charge on any atom is -0.327 e. The number of hydrogen-bond donors (Lipinski definition) is 1. The second-order valence-corrected chi connectivity index (χ2v) is 7.11. The molecule has 1 aromatic rings. The molecule has 0 saturated carbocycles. The van der Waals surface area contributed by atoms with E-state index in [-0.39, 0.29) is 0 Å². The lowest BCUT2D eigenvalue weighted by molar-refractivity contribution is 0.146. The van der Waals surface area contributed by atoms with Crippen molar-refractivity contribution in [3.05, 3.63) is 20.8 Å². The fourth-order valence-electron chi connectivity index (χ4n) is 2.36. The number of thiophene rings is 1. The maximum atomic E-state index is 6.12. The topological polar surface area (TPSA) is 29.3 Å². The van der Waals surface area contributed by atoms with E-state index < -0.39 is 0 Å². The first-order chi connectivity index (χ1) is 7.69. The van der Waals surface area contributed by atoms with Gasteiger partial charge >= 0.3 is 0 Å². The summed E-state index contributed by atoms with van der Waals surface area (Å²) in [5.41, 5.74) is 6.12. The molecule has 0 aromatic carbocycles. The molecule has 0 bridgehead atoms. The molecule has 2 rings (SSSR count). The van der Waals surface area contributed by atoms with Crippen molar-refractivity contribution in [2.75, 3.05) is 13.1 Å². The highest BCUT2D eigenvalue weighted by molar-refractivity contribution is 9.11. The van der Waals surface area contributed by atoms with Gasteiger partial charge in [-0.25, -0.2) is 0 Å². The Balaban J connectivity index is 1.91. The van der Waals surface area contributed by atoms with Crippen molar-refractivity contribution in [2.45, 2.75) is 32.4 Å². The van der Waals surface area contributed by atoms with Gasteiger partial charge in [-0.15, -0.1) is 11.3 Å². The van der Waals surface area contributed by atoms with Crippen molar-refractivity contribution in [1.29, 1.82) is 0 Å². The molecule has 1 fully saturated rings. The van der Waals surface area contributed by atoms with Gasteiger partial charge in [0.15, 0.2) is 0 Å². The second kappa shape index (κ2) is 5.63. The van der Waals surface area contributed by atoms with E-state index >= 15 is 0 Å². The van der Waals surface area contributed by atoms with Crippen LogP contribution in [0.3, 0.4) is 0 Å². The smallest absolute Gasteiger partial charge is 0.0701 e. The maximum absolute atomic E-state index is 6.12. The standard InChI is InChI=1S/C12H19BrN2S/c1-2-9-7-15(6-5-11(9)14)8-10-3-4-12(13)16-10/h3-4,9,11H,2,5-8,14H2,1H3. The van der Waals surface area contributed by atoms with Crippen LogP contribution in [0.5, 0.6) is 0 Å². The van der Waals surface area contributed by atoms with Crippen LogP contribution in [-0.4, -0.2) is 24.0 Å². The molecule has 0 spiro atoms. The van der Waals surface area contributed by atoms with E-state index in [0.29, 0.717) is 12.0 Å². The normalized spacial score (nSPS) is 27.2. The van der Waals surface area contributed by atoms with E-state index in [1.54, 1.807) is 0 Å². The zero-order valence-electron chi connectivity index (χ0n) is 9.66. The van der Waals surface area contributed by atoms with Crippen LogP contribution < -0.4 is 5.73 Å². The molecule has 0 radical (unpaired) electrons.